The summed E-state index contributed by atoms with van der Waals surface area (Å²) in [4.78, 5) is 12.6. The number of halogens is 2. The number of aromatic amines is 1. The van der Waals surface area contributed by atoms with E-state index in [9.17, 15) is 4.79 Å². The molecule has 1 aromatic heterocycles. The molecular weight excluding hydrogens is 395 g/mol. The lowest BCUT2D eigenvalue weighted by atomic mass is 9.98. The molecule has 0 saturated heterocycles. The van der Waals surface area contributed by atoms with E-state index in [1.54, 1.807) is 18.2 Å². The molecule has 5 nitrogen and oxygen atoms in total. The van der Waals surface area contributed by atoms with Gasteiger partial charge < -0.3 is 0 Å². The van der Waals surface area contributed by atoms with Gasteiger partial charge in [-0.05, 0) is 37.8 Å². The average Bonchev–Trinajstić information content (AvgIpc) is 3.06. The Morgan fingerprint density at radius 2 is 1.71 bits per heavy atom. The summed E-state index contributed by atoms with van der Waals surface area (Å²) in [6, 6.07) is 5.12. The summed E-state index contributed by atoms with van der Waals surface area (Å²) in [6.07, 6.45) is 13.2. The van der Waals surface area contributed by atoms with E-state index < -0.39 is 0 Å². The third-order valence-corrected chi connectivity index (χ3v) is 5.67. The first-order chi connectivity index (χ1) is 13.6. The van der Waals surface area contributed by atoms with Crippen LogP contribution in [0.25, 0.3) is 0 Å². The molecule has 1 aliphatic rings. The number of carbonyl (C=O) groups excluding carboxylic acids is 1. The molecule has 0 spiro atoms. The van der Waals surface area contributed by atoms with Gasteiger partial charge in [0.2, 0.25) is 0 Å². The molecule has 2 N–H and O–H groups in total. The highest BCUT2D eigenvalue weighted by Gasteiger charge is 2.19. The molecule has 2 aromatic rings. The van der Waals surface area contributed by atoms with Gasteiger partial charge in [-0.3, -0.25) is 9.89 Å². The SMILES string of the molecule is O=C(NN=Cc1ccc(Cl)cc1Cl)c1n[nH]c2c1CCCCCCCCCC2. The van der Waals surface area contributed by atoms with Crippen molar-refractivity contribution in [2.24, 2.45) is 5.10 Å². The highest BCUT2D eigenvalue weighted by molar-refractivity contribution is 6.36. The minimum atomic E-state index is -0.300. The van der Waals surface area contributed by atoms with Gasteiger partial charge in [0.15, 0.2) is 5.69 Å². The fourth-order valence-corrected chi connectivity index (χ4v) is 4.01. The van der Waals surface area contributed by atoms with Crippen molar-refractivity contribution in [1.82, 2.24) is 15.6 Å². The number of aromatic nitrogens is 2. The van der Waals surface area contributed by atoms with Crippen LogP contribution in [0.4, 0.5) is 0 Å². The van der Waals surface area contributed by atoms with Gasteiger partial charge >= 0.3 is 0 Å². The van der Waals surface area contributed by atoms with Crippen LogP contribution in [0.2, 0.25) is 10.0 Å². The van der Waals surface area contributed by atoms with E-state index in [0.717, 1.165) is 36.9 Å². The summed E-state index contributed by atoms with van der Waals surface area (Å²) in [6.45, 7) is 0. The fourth-order valence-electron chi connectivity index (χ4n) is 3.55. The van der Waals surface area contributed by atoms with Crippen molar-refractivity contribution in [2.45, 2.75) is 64.2 Å². The molecule has 1 aromatic carbocycles. The third-order valence-electron chi connectivity index (χ3n) is 5.10. The van der Waals surface area contributed by atoms with Gasteiger partial charge in [-0.1, -0.05) is 67.8 Å². The van der Waals surface area contributed by atoms with Gasteiger partial charge in [0.05, 0.1) is 11.2 Å². The molecule has 3 rings (SSSR count). The molecule has 0 aliphatic heterocycles. The highest BCUT2D eigenvalue weighted by atomic mass is 35.5. The van der Waals surface area contributed by atoms with Gasteiger partial charge in [-0.25, -0.2) is 5.43 Å². The minimum Gasteiger partial charge on any atom is -0.281 e. The van der Waals surface area contributed by atoms with Crippen molar-refractivity contribution in [1.29, 1.82) is 0 Å². The first-order valence-corrected chi connectivity index (χ1v) is 10.8. The van der Waals surface area contributed by atoms with Crippen molar-refractivity contribution in [3.05, 3.63) is 50.8 Å². The molecule has 1 heterocycles. The van der Waals surface area contributed by atoms with Crippen LogP contribution in [0.1, 0.15) is 78.7 Å². The van der Waals surface area contributed by atoms with Gasteiger partial charge in [0.25, 0.3) is 5.91 Å². The molecule has 0 radical (unpaired) electrons. The Balaban J connectivity index is 1.68. The lowest BCUT2D eigenvalue weighted by molar-refractivity contribution is 0.0949. The Morgan fingerprint density at radius 1 is 1.04 bits per heavy atom. The summed E-state index contributed by atoms with van der Waals surface area (Å²) >= 11 is 12.0. The molecular formula is C21H26Cl2N4O. The summed E-state index contributed by atoms with van der Waals surface area (Å²) in [7, 11) is 0. The van der Waals surface area contributed by atoms with Crippen LogP contribution < -0.4 is 5.43 Å². The quantitative estimate of drug-likeness (QED) is 0.493. The number of hydrogen-bond donors (Lipinski definition) is 2. The number of hydrogen-bond acceptors (Lipinski definition) is 3. The maximum Gasteiger partial charge on any atom is 0.292 e. The predicted octanol–water partition coefficient (Wildman–Crippen LogP) is 5.70. The molecule has 0 unspecified atom stereocenters. The second kappa shape index (κ2) is 10.6. The molecule has 0 fully saturated rings. The molecule has 1 amide bonds. The van der Waals surface area contributed by atoms with Crippen LogP contribution in [-0.2, 0) is 12.8 Å². The van der Waals surface area contributed by atoms with Crippen LogP contribution in [-0.4, -0.2) is 22.3 Å². The molecule has 0 saturated carbocycles. The van der Waals surface area contributed by atoms with E-state index in [1.807, 2.05) is 0 Å². The number of amides is 1. The van der Waals surface area contributed by atoms with Crippen LogP contribution >= 0.6 is 23.2 Å². The molecule has 28 heavy (non-hydrogen) atoms. The van der Waals surface area contributed by atoms with E-state index in [2.05, 4.69) is 20.7 Å². The molecule has 1 aliphatic carbocycles. The van der Waals surface area contributed by atoms with Crippen molar-refractivity contribution in [3.63, 3.8) is 0 Å². The largest absolute Gasteiger partial charge is 0.292 e. The number of aryl methyl sites for hydroxylation is 1. The smallest absolute Gasteiger partial charge is 0.281 e. The highest BCUT2D eigenvalue weighted by Crippen LogP contribution is 2.21. The van der Waals surface area contributed by atoms with Crippen molar-refractivity contribution in [2.75, 3.05) is 0 Å². The zero-order valence-electron chi connectivity index (χ0n) is 15.9. The number of carbonyl (C=O) groups is 1. The van der Waals surface area contributed by atoms with Gasteiger partial charge in [-0.15, -0.1) is 0 Å². The third kappa shape index (κ3) is 5.82. The average molecular weight is 421 g/mol. The second-order valence-electron chi connectivity index (χ2n) is 7.22. The van der Waals surface area contributed by atoms with E-state index in [0.29, 0.717) is 21.3 Å². The Labute approximate surface area is 175 Å². The topological polar surface area (TPSA) is 70.1 Å². The number of nitrogens with one attached hydrogen (secondary N) is 2. The van der Waals surface area contributed by atoms with Crippen molar-refractivity contribution >= 4 is 35.3 Å². The normalized spacial score (nSPS) is 16.2. The van der Waals surface area contributed by atoms with Crippen LogP contribution in [0.5, 0.6) is 0 Å². The number of nitrogens with zero attached hydrogens (tertiary/aromatic N) is 2. The van der Waals surface area contributed by atoms with E-state index in [4.69, 9.17) is 23.2 Å². The summed E-state index contributed by atoms with van der Waals surface area (Å²) < 4.78 is 0. The van der Waals surface area contributed by atoms with Gasteiger partial charge in [0.1, 0.15) is 0 Å². The zero-order valence-corrected chi connectivity index (χ0v) is 17.5. The lowest BCUT2D eigenvalue weighted by Crippen LogP contribution is -2.20. The number of fused-ring (bicyclic) bond motifs is 1. The first-order valence-electron chi connectivity index (χ1n) is 9.99. The number of hydrazone groups is 1. The van der Waals surface area contributed by atoms with Gasteiger partial charge in [0, 0.05) is 21.8 Å². The molecule has 150 valence electrons. The predicted molar refractivity (Wildman–Crippen MR) is 114 cm³/mol. The summed E-state index contributed by atoms with van der Waals surface area (Å²) in [5.41, 5.74) is 5.84. The fraction of sp³-hybridized carbons (Fsp3) is 0.476. The number of benzene rings is 1. The van der Waals surface area contributed by atoms with E-state index >= 15 is 0 Å². The van der Waals surface area contributed by atoms with Gasteiger partial charge in [-0.2, -0.15) is 10.2 Å². The molecule has 0 atom stereocenters. The first kappa shape index (κ1) is 20.9. The van der Waals surface area contributed by atoms with E-state index in [-0.39, 0.29) is 5.91 Å². The van der Waals surface area contributed by atoms with Crippen LogP contribution in [0.15, 0.2) is 23.3 Å². The zero-order chi connectivity index (χ0) is 19.8. The molecule has 0 bridgehead atoms. The Morgan fingerprint density at radius 3 is 2.43 bits per heavy atom. The molecule has 7 heteroatoms. The van der Waals surface area contributed by atoms with Crippen molar-refractivity contribution < 1.29 is 4.79 Å². The minimum absolute atomic E-state index is 0.300. The lowest BCUT2D eigenvalue weighted by Gasteiger charge is -2.08. The van der Waals surface area contributed by atoms with Crippen molar-refractivity contribution in [3.8, 4) is 0 Å². The Kier molecular flexibility index (Phi) is 7.92. The maximum atomic E-state index is 12.6. The monoisotopic (exact) mass is 420 g/mol. The van der Waals surface area contributed by atoms with E-state index in [1.165, 1.54) is 44.7 Å². The standard InChI is InChI=1S/C21H26Cl2N4O/c22-16-12-11-15(18(23)13-16)14-24-27-21(28)20-17-9-7-5-3-1-2-4-6-8-10-19(17)25-26-20/h11-14H,1-10H2,(H,25,26)(H,27,28). The number of H-pyrrole nitrogens is 1. The maximum absolute atomic E-state index is 12.6. The van der Waals surface area contributed by atoms with Crippen LogP contribution in [0, 0.1) is 0 Å². The number of rotatable bonds is 3. The Bertz CT molecular complexity index is 832. The summed E-state index contributed by atoms with van der Waals surface area (Å²) in [5, 5.41) is 12.4. The Hall–Kier alpha value is -1.85. The summed E-state index contributed by atoms with van der Waals surface area (Å²) in [5.74, 6) is -0.300. The second-order valence-corrected chi connectivity index (χ2v) is 8.07. The van der Waals surface area contributed by atoms with Crippen LogP contribution in [0.3, 0.4) is 0 Å².